The van der Waals surface area contributed by atoms with Gasteiger partial charge in [0.1, 0.15) is 0 Å². The number of hydrogen-bond acceptors (Lipinski definition) is 2. The van der Waals surface area contributed by atoms with E-state index in [9.17, 15) is 4.79 Å². The highest BCUT2D eigenvalue weighted by atomic mass is 79.9. The van der Waals surface area contributed by atoms with E-state index in [1.807, 2.05) is 13.0 Å². The minimum absolute atomic E-state index is 0.0978. The van der Waals surface area contributed by atoms with Crippen LogP contribution in [0, 0.1) is 6.92 Å². The van der Waals surface area contributed by atoms with E-state index in [1.54, 1.807) is 19.2 Å². The Balaban J connectivity index is 2.58. The van der Waals surface area contributed by atoms with Crippen molar-refractivity contribution in [2.75, 3.05) is 20.3 Å². The minimum Gasteiger partial charge on any atom is -0.383 e. The highest BCUT2D eigenvalue weighted by Crippen LogP contribution is 2.17. The average Bonchev–Trinajstić information content (AvgIpc) is 2.26. The second-order valence-electron chi connectivity index (χ2n) is 3.75. The molecule has 0 heterocycles. The van der Waals surface area contributed by atoms with Crippen LogP contribution < -0.4 is 5.32 Å². The lowest BCUT2D eigenvalue weighted by molar-refractivity contribution is 0.0950. The van der Waals surface area contributed by atoms with Crippen LogP contribution in [0.1, 0.15) is 15.9 Å². The van der Waals surface area contributed by atoms with Crippen LogP contribution in [0.15, 0.2) is 18.2 Å². The Morgan fingerprint density at radius 3 is 2.88 bits per heavy atom. The molecular formula is C12H15BrClNO2. The third-order valence-corrected chi connectivity index (χ3v) is 3.10. The molecule has 0 aliphatic carbocycles. The van der Waals surface area contributed by atoms with E-state index in [4.69, 9.17) is 16.3 Å². The summed E-state index contributed by atoms with van der Waals surface area (Å²) in [6.07, 6.45) is 0. The molecule has 0 spiro atoms. The van der Waals surface area contributed by atoms with Gasteiger partial charge in [0.2, 0.25) is 0 Å². The molecule has 1 aromatic carbocycles. The van der Waals surface area contributed by atoms with Crippen LogP contribution in [0.3, 0.4) is 0 Å². The molecule has 3 nitrogen and oxygen atoms in total. The summed E-state index contributed by atoms with van der Waals surface area (Å²) >= 11 is 9.40. The SMILES string of the molecule is COCC(Br)CNC(=O)c1ccc(C)cc1Cl. The Morgan fingerprint density at radius 1 is 1.59 bits per heavy atom. The molecular weight excluding hydrogens is 305 g/mol. The second-order valence-corrected chi connectivity index (χ2v) is 5.45. The lowest BCUT2D eigenvalue weighted by Crippen LogP contribution is -2.31. The van der Waals surface area contributed by atoms with E-state index >= 15 is 0 Å². The molecule has 5 heteroatoms. The van der Waals surface area contributed by atoms with Crippen molar-refractivity contribution in [2.24, 2.45) is 0 Å². The predicted molar refractivity (Wildman–Crippen MR) is 73.1 cm³/mol. The van der Waals surface area contributed by atoms with Gasteiger partial charge < -0.3 is 10.1 Å². The van der Waals surface area contributed by atoms with Crippen LogP contribution in [0.2, 0.25) is 5.02 Å². The van der Waals surface area contributed by atoms with Gasteiger partial charge in [-0.15, -0.1) is 0 Å². The summed E-state index contributed by atoms with van der Waals surface area (Å²) in [7, 11) is 1.62. The van der Waals surface area contributed by atoms with Gasteiger partial charge in [-0.25, -0.2) is 0 Å². The zero-order valence-electron chi connectivity index (χ0n) is 9.80. The lowest BCUT2D eigenvalue weighted by Gasteiger charge is -2.11. The summed E-state index contributed by atoms with van der Waals surface area (Å²) < 4.78 is 4.96. The standard InChI is InChI=1S/C12H15BrClNO2/c1-8-3-4-10(11(14)5-8)12(16)15-6-9(13)7-17-2/h3-5,9H,6-7H2,1-2H3,(H,15,16). The van der Waals surface area contributed by atoms with Gasteiger partial charge in [-0.3, -0.25) is 4.79 Å². The van der Waals surface area contributed by atoms with Gasteiger partial charge in [0.05, 0.1) is 22.0 Å². The number of amides is 1. The van der Waals surface area contributed by atoms with E-state index in [2.05, 4.69) is 21.2 Å². The fourth-order valence-electron chi connectivity index (χ4n) is 1.34. The summed E-state index contributed by atoms with van der Waals surface area (Å²) in [5.41, 5.74) is 1.53. The Bertz CT molecular complexity index is 398. The van der Waals surface area contributed by atoms with E-state index in [0.29, 0.717) is 23.7 Å². The first-order valence-corrected chi connectivity index (χ1v) is 6.51. The largest absolute Gasteiger partial charge is 0.383 e. The lowest BCUT2D eigenvalue weighted by atomic mass is 10.1. The van der Waals surface area contributed by atoms with Crippen LogP contribution in [-0.4, -0.2) is 31.0 Å². The van der Waals surface area contributed by atoms with Crippen molar-refractivity contribution in [1.82, 2.24) is 5.32 Å². The van der Waals surface area contributed by atoms with Gasteiger partial charge in [0.15, 0.2) is 0 Å². The second kappa shape index (κ2) is 6.99. The maximum Gasteiger partial charge on any atom is 0.252 e. The normalized spacial score (nSPS) is 12.2. The molecule has 0 aromatic heterocycles. The van der Waals surface area contributed by atoms with Crippen molar-refractivity contribution in [2.45, 2.75) is 11.8 Å². The first-order valence-electron chi connectivity index (χ1n) is 5.22. The fourth-order valence-corrected chi connectivity index (χ4v) is 2.09. The number of alkyl halides is 1. The van der Waals surface area contributed by atoms with E-state index in [-0.39, 0.29) is 10.7 Å². The predicted octanol–water partition coefficient (Wildman–Crippen LogP) is 2.79. The van der Waals surface area contributed by atoms with Crippen LogP contribution in [0.25, 0.3) is 0 Å². The Labute approximate surface area is 115 Å². The summed E-state index contributed by atoms with van der Waals surface area (Å²) in [6, 6.07) is 5.37. The Kier molecular flexibility index (Phi) is 5.95. The third-order valence-electron chi connectivity index (χ3n) is 2.20. The number of nitrogens with one attached hydrogen (secondary N) is 1. The van der Waals surface area contributed by atoms with Gasteiger partial charge in [0.25, 0.3) is 5.91 Å². The molecule has 0 radical (unpaired) electrons. The van der Waals surface area contributed by atoms with Gasteiger partial charge in [0, 0.05) is 13.7 Å². The first kappa shape index (κ1) is 14.5. The van der Waals surface area contributed by atoms with E-state index in [1.165, 1.54) is 0 Å². The Morgan fingerprint density at radius 2 is 2.29 bits per heavy atom. The third kappa shape index (κ3) is 4.66. The molecule has 0 bridgehead atoms. The number of methoxy groups -OCH3 is 1. The summed E-state index contributed by atoms with van der Waals surface area (Å²) in [6.45, 7) is 2.97. The number of carbonyl (C=O) groups is 1. The molecule has 17 heavy (non-hydrogen) atoms. The minimum atomic E-state index is -0.171. The summed E-state index contributed by atoms with van der Waals surface area (Å²) in [4.78, 5) is 11.9. The summed E-state index contributed by atoms with van der Waals surface area (Å²) in [5, 5.41) is 3.27. The van der Waals surface area contributed by atoms with E-state index < -0.39 is 0 Å². The fraction of sp³-hybridized carbons (Fsp3) is 0.417. The maximum absolute atomic E-state index is 11.8. The number of benzene rings is 1. The molecule has 0 aliphatic rings. The number of aryl methyl sites for hydroxylation is 1. The van der Waals surface area contributed by atoms with Crippen molar-refractivity contribution >= 4 is 33.4 Å². The monoisotopic (exact) mass is 319 g/mol. The van der Waals surface area contributed by atoms with Gasteiger partial charge in [-0.1, -0.05) is 33.6 Å². The molecule has 94 valence electrons. The Hall–Kier alpha value is -0.580. The average molecular weight is 321 g/mol. The molecule has 0 fully saturated rings. The molecule has 1 N–H and O–H groups in total. The van der Waals surface area contributed by atoms with E-state index in [0.717, 1.165) is 5.56 Å². The molecule has 1 unspecified atom stereocenters. The topological polar surface area (TPSA) is 38.3 Å². The molecule has 0 aliphatic heterocycles. The van der Waals surface area contributed by atoms with Crippen molar-refractivity contribution in [3.8, 4) is 0 Å². The molecule has 0 saturated carbocycles. The van der Waals surface area contributed by atoms with Crippen molar-refractivity contribution in [3.63, 3.8) is 0 Å². The zero-order chi connectivity index (χ0) is 12.8. The molecule has 1 rings (SSSR count). The quantitative estimate of drug-likeness (QED) is 0.847. The molecule has 1 aromatic rings. The van der Waals surface area contributed by atoms with Gasteiger partial charge in [-0.05, 0) is 24.6 Å². The van der Waals surface area contributed by atoms with Crippen molar-refractivity contribution in [3.05, 3.63) is 34.3 Å². The number of ether oxygens (including phenoxy) is 1. The smallest absolute Gasteiger partial charge is 0.252 e. The van der Waals surface area contributed by atoms with Crippen LogP contribution in [-0.2, 0) is 4.74 Å². The zero-order valence-corrected chi connectivity index (χ0v) is 12.1. The van der Waals surface area contributed by atoms with Crippen LogP contribution >= 0.6 is 27.5 Å². The van der Waals surface area contributed by atoms with Crippen LogP contribution in [0.4, 0.5) is 0 Å². The number of carbonyl (C=O) groups excluding carboxylic acids is 1. The first-order chi connectivity index (χ1) is 8.04. The van der Waals surface area contributed by atoms with Gasteiger partial charge in [-0.2, -0.15) is 0 Å². The molecule has 1 amide bonds. The van der Waals surface area contributed by atoms with Crippen molar-refractivity contribution in [1.29, 1.82) is 0 Å². The van der Waals surface area contributed by atoms with Crippen LogP contribution in [0.5, 0.6) is 0 Å². The number of hydrogen-bond donors (Lipinski definition) is 1. The van der Waals surface area contributed by atoms with Gasteiger partial charge >= 0.3 is 0 Å². The number of rotatable bonds is 5. The van der Waals surface area contributed by atoms with Crippen molar-refractivity contribution < 1.29 is 9.53 Å². The number of halogens is 2. The molecule has 0 saturated heterocycles. The maximum atomic E-state index is 11.8. The summed E-state index contributed by atoms with van der Waals surface area (Å²) in [5.74, 6) is -0.171. The molecule has 1 atom stereocenters. The highest BCUT2D eigenvalue weighted by Gasteiger charge is 2.11. The highest BCUT2D eigenvalue weighted by molar-refractivity contribution is 9.09.